The van der Waals surface area contributed by atoms with Gasteiger partial charge in [-0.05, 0) is 36.2 Å². The lowest BCUT2D eigenvalue weighted by atomic mass is 9.98. The molecule has 0 spiro atoms. The summed E-state index contributed by atoms with van der Waals surface area (Å²) in [6.45, 7) is 5.00. The van der Waals surface area contributed by atoms with Gasteiger partial charge in [-0.1, -0.05) is 78.4 Å². The maximum atomic E-state index is 13.7. The van der Waals surface area contributed by atoms with E-state index in [0.717, 1.165) is 45.7 Å². The number of carbonyl (C=O) groups is 1. The molecule has 5 nitrogen and oxygen atoms in total. The van der Waals surface area contributed by atoms with E-state index in [9.17, 15) is 4.79 Å². The number of amides is 1. The summed E-state index contributed by atoms with van der Waals surface area (Å²) < 4.78 is 0. The SMILES string of the molecule is Cc1ccc(-c2cc(-c3ccccc3)nc3sc(C(=O)N4CCN(c5ccccc5)CC4)c(N)c23)cc1. The van der Waals surface area contributed by atoms with E-state index in [4.69, 9.17) is 10.7 Å². The molecule has 3 aromatic carbocycles. The van der Waals surface area contributed by atoms with Gasteiger partial charge in [-0.2, -0.15) is 0 Å². The molecular formula is C31H28N4OS. The molecule has 1 saturated heterocycles. The highest BCUT2D eigenvalue weighted by molar-refractivity contribution is 7.21. The van der Waals surface area contributed by atoms with Crippen LogP contribution in [0.4, 0.5) is 11.4 Å². The summed E-state index contributed by atoms with van der Waals surface area (Å²) in [6, 6.07) is 31.0. The number of nitrogen functional groups attached to an aromatic ring is 1. The maximum absolute atomic E-state index is 13.7. The maximum Gasteiger partial charge on any atom is 0.266 e. The molecule has 2 N–H and O–H groups in total. The van der Waals surface area contributed by atoms with Gasteiger partial charge in [-0.25, -0.2) is 4.98 Å². The van der Waals surface area contributed by atoms with Gasteiger partial charge in [0.25, 0.3) is 5.91 Å². The van der Waals surface area contributed by atoms with Crippen molar-refractivity contribution in [3.05, 3.63) is 101 Å². The number of pyridine rings is 1. The average molecular weight is 505 g/mol. The van der Waals surface area contributed by atoms with Crippen molar-refractivity contribution in [2.45, 2.75) is 6.92 Å². The Balaban J connectivity index is 1.38. The van der Waals surface area contributed by atoms with E-state index >= 15 is 0 Å². The van der Waals surface area contributed by atoms with E-state index in [2.05, 4.69) is 66.4 Å². The highest BCUT2D eigenvalue weighted by atomic mass is 32.1. The van der Waals surface area contributed by atoms with Gasteiger partial charge in [0.2, 0.25) is 0 Å². The molecule has 0 atom stereocenters. The summed E-state index contributed by atoms with van der Waals surface area (Å²) >= 11 is 1.40. The van der Waals surface area contributed by atoms with Gasteiger partial charge >= 0.3 is 0 Å². The highest BCUT2D eigenvalue weighted by Crippen LogP contribution is 2.42. The predicted octanol–water partition coefficient (Wildman–Crippen LogP) is 6.48. The highest BCUT2D eigenvalue weighted by Gasteiger charge is 2.27. The summed E-state index contributed by atoms with van der Waals surface area (Å²) in [5.74, 6) is -0.00988. The van der Waals surface area contributed by atoms with E-state index in [1.807, 2.05) is 41.3 Å². The minimum Gasteiger partial charge on any atom is -0.397 e. The molecule has 1 fully saturated rings. The minimum atomic E-state index is -0.00988. The molecule has 0 unspecified atom stereocenters. The van der Waals surface area contributed by atoms with Crippen LogP contribution in [0.25, 0.3) is 32.6 Å². The molecule has 5 aromatic rings. The van der Waals surface area contributed by atoms with Gasteiger partial charge in [0.1, 0.15) is 9.71 Å². The van der Waals surface area contributed by atoms with Gasteiger partial charge in [0, 0.05) is 42.8 Å². The number of rotatable bonds is 4. The van der Waals surface area contributed by atoms with E-state index < -0.39 is 0 Å². The van der Waals surface area contributed by atoms with E-state index in [0.29, 0.717) is 23.7 Å². The molecule has 0 saturated carbocycles. The molecule has 1 amide bonds. The number of benzene rings is 3. The molecule has 3 heterocycles. The molecule has 1 aliphatic rings. The molecule has 2 aromatic heterocycles. The van der Waals surface area contributed by atoms with E-state index in [1.54, 1.807) is 0 Å². The van der Waals surface area contributed by atoms with Crippen molar-refractivity contribution in [2.24, 2.45) is 0 Å². The van der Waals surface area contributed by atoms with Crippen LogP contribution < -0.4 is 10.6 Å². The first-order valence-corrected chi connectivity index (χ1v) is 13.3. The summed E-state index contributed by atoms with van der Waals surface area (Å²) in [7, 11) is 0. The molecule has 0 aliphatic carbocycles. The van der Waals surface area contributed by atoms with Gasteiger partial charge < -0.3 is 15.5 Å². The monoisotopic (exact) mass is 504 g/mol. The Morgan fingerprint density at radius 3 is 2.16 bits per heavy atom. The van der Waals surface area contributed by atoms with E-state index in [1.165, 1.54) is 22.6 Å². The number of carbonyl (C=O) groups excluding carboxylic acids is 1. The van der Waals surface area contributed by atoms with Crippen LogP contribution in [-0.2, 0) is 0 Å². The predicted molar refractivity (Wildman–Crippen MR) is 154 cm³/mol. The summed E-state index contributed by atoms with van der Waals surface area (Å²) in [6.07, 6.45) is 0. The van der Waals surface area contributed by atoms with Gasteiger partial charge in [0.05, 0.1) is 11.4 Å². The second-order valence-corrected chi connectivity index (χ2v) is 10.4. The molecule has 37 heavy (non-hydrogen) atoms. The second-order valence-electron chi connectivity index (χ2n) is 9.43. The molecular weight excluding hydrogens is 476 g/mol. The number of aryl methyl sites for hydroxylation is 1. The van der Waals surface area contributed by atoms with Crippen molar-refractivity contribution in [2.75, 3.05) is 36.8 Å². The van der Waals surface area contributed by atoms with Crippen molar-refractivity contribution in [1.82, 2.24) is 9.88 Å². The molecule has 184 valence electrons. The Kier molecular flexibility index (Phi) is 6.10. The van der Waals surface area contributed by atoms with Crippen LogP contribution in [0.5, 0.6) is 0 Å². The molecule has 0 bridgehead atoms. The first kappa shape index (κ1) is 23.3. The summed E-state index contributed by atoms with van der Waals surface area (Å²) in [5.41, 5.74) is 13.6. The topological polar surface area (TPSA) is 62.5 Å². The zero-order chi connectivity index (χ0) is 25.4. The lowest BCUT2D eigenvalue weighted by Crippen LogP contribution is -2.48. The third-order valence-corrected chi connectivity index (χ3v) is 8.10. The number of nitrogens with two attached hydrogens (primary N) is 1. The smallest absolute Gasteiger partial charge is 0.266 e. The normalized spacial score (nSPS) is 13.8. The van der Waals surface area contributed by atoms with Crippen molar-refractivity contribution in [1.29, 1.82) is 0 Å². The quantitative estimate of drug-likeness (QED) is 0.304. The lowest BCUT2D eigenvalue weighted by molar-refractivity contribution is 0.0752. The standard InChI is InChI=1S/C31H28N4OS/c1-21-12-14-22(15-13-21)25-20-26(23-8-4-2-5-9-23)33-30-27(25)28(32)29(37-30)31(36)35-18-16-34(17-19-35)24-10-6-3-7-11-24/h2-15,20H,16-19,32H2,1H3. The Bertz CT molecular complexity index is 1550. The fraction of sp³-hybridized carbons (Fsp3) is 0.161. The number of hydrogen-bond acceptors (Lipinski definition) is 5. The summed E-state index contributed by atoms with van der Waals surface area (Å²) in [4.78, 5) is 24.3. The molecule has 6 rings (SSSR count). The van der Waals surface area contributed by atoms with Crippen LogP contribution in [0.15, 0.2) is 91.0 Å². The fourth-order valence-electron chi connectivity index (χ4n) is 4.95. The van der Waals surface area contributed by atoms with Crippen molar-refractivity contribution in [3.63, 3.8) is 0 Å². The first-order valence-electron chi connectivity index (χ1n) is 12.5. The Labute approximate surface area is 220 Å². The molecule has 1 aliphatic heterocycles. The first-order chi connectivity index (χ1) is 18.1. The third kappa shape index (κ3) is 4.45. The number of thiophene rings is 1. The number of nitrogens with zero attached hydrogens (tertiary/aromatic N) is 3. The zero-order valence-electron chi connectivity index (χ0n) is 20.7. The number of hydrogen-bond donors (Lipinski definition) is 1. The number of aromatic nitrogens is 1. The third-order valence-electron chi connectivity index (χ3n) is 7.01. The van der Waals surface area contributed by atoms with Crippen molar-refractivity contribution in [3.8, 4) is 22.4 Å². The largest absolute Gasteiger partial charge is 0.397 e. The molecule has 0 radical (unpaired) electrons. The Morgan fingerprint density at radius 1 is 0.838 bits per heavy atom. The minimum absolute atomic E-state index is 0.00988. The van der Waals surface area contributed by atoms with E-state index in [-0.39, 0.29) is 5.91 Å². The van der Waals surface area contributed by atoms with Crippen LogP contribution in [0, 0.1) is 6.92 Å². The van der Waals surface area contributed by atoms with Crippen LogP contribution in [0.1, 0.15) is 15.2 Å². The van der Waals surface area contributed by atoms with Crippen molar-refractivity contribution >= 4 is 38.8 Å². The number of piperazine rings is 1. The Morgan fingerprint density at radius 2 is 1.49 bits per heavy atom. The number of fused-ring (bicyclic) bond motifs is 1. The summed E-state index contributed by atoms with van der Waals surface area (Å²) in [5, 5.41) is 0.861. The van der Waals surface area contributed by atoms with Crippen molar-refractivity contribution < 1.29 is 4.79 Å². The van der Waals surface area contributed by atoms with Crippen LogP contribution in [0.3, 0.4) is 0 Å². The Hall–Kier alpha value is -4.16. The zero-order valence-corrected chi connectivity index (χ0v) is 21.5. The van der Waals surface area contributed by atoms with Gasteiger partial charge in [-0.15, -0.1) is 11.3 Å². The van der Waals surface area contributed by atoms with Crippen LogP contribution in [-0.4, -0.2) is 42.0 Å². The molecule has 6 heteroatoms. The fourth-order valence-corrected chi connectivity index (χ4v) is 6.04. The number of anilines is 2. The van der Waals surface area contributed by atoms with Crippen LogP contribution >= 0.6 is 11.3 Å². The second kappa shape index (κ2) is 9.71. The lowest BCUT2D eigenvalue weighted by Gasteiger charge is -2.36. The number of para-hydroxylation sites is 1. The average Bonchev–Trinajstić information content (AvgIpc) is 3.30. The van der Waals surface area contributed by atoms with Gasteiger partial charge in [-0.3, -0.25) is 4.79 Å². The van der Waals surface area contributed by atoms with Gasteiger partial charge in [0.15, 0.2) is 0 Å². The van der Waals surface area contributed by atoms with Crippen LogP contribution in [0.2, 0.25) is 0 Å².